The van der Waals surface area contributed by atoms with Gasteiger partial charge in [-0.05, 0) is 19.2 Å². The first-order chi connectivity index (χ1) is 9.06. The molecular formula is C12H19N5O2. The second-order valence-electron chi connectivity index (χ2n) is 4.80. The Labute approximate surface area is 112 Å². The number of hydrogen-bond acceptors (Lipinski definition) is 6. The van der Waals surface area contributed by atoms with Gasteiger partial charge in [0.15, 0.2) is 0 Å². The molecule has 1 aromatic rings. The van der Waals surface area contributed by atoms with E-state index in [0.29, 0.717) is 0 Å². The highest BCUT2D eigenvalue weighted by atomic mass is 16.6. The van der Waals surface area contributed by atoms with Crippen molar-refractivity contribution in [2.75, 3.05) is 50.9 Å². The van der Waals surface area contributed by atoms with Crippen molar-refractivity contribution in [3.05, 3.63) is 28.3 Å². The van der Waals surface area contributed by atoms with E-state index in [9.17, 15) is 10.1 Å². The number of likely N-dealkylation sites (N-methyl/N-ethyl adjacent to an activating group) is 1. The normalized spacial score (nSPS) is 16.7. The average molecular weight is 265 g/mol. The molecule has 0 saturated carbocycles. The van der Waals surface area contributed by atoms with Crippen LogP contribution >= 0.6 is 0 Å². The van der Waals surface area contributed by atoms with Gasteiger partial charge < -0.3 is 11.1 Å². The molecule has 1 heterocycles. The lowest BCUT2D eigenvalue weighted by atomic mass is 10.2. The summed E-state index contributed by atoms with van der Waals surface area (Å²) >= 11 is 0. The zero-order valence-corrected chi connectivity index (χ0v) is 11.0. The standard InChI is InChI=1S/C12H19N5O2/c1-15-6-7-16(9-15)5-4-14-10-2-3-11(13)12(8-10)17(18)19/h2-3,8,14H,4-7,9,13H2,1H3. The zero-order valence-electron chi connectivity index (χ0n) is 11.0. The number of nitrogens with two attached hydrogens (primary N) is 1. The molecule has 0 radical (unpaired) electrons. The van der Waals surface area contributed by atoms with E-state index in [4.69, 9.17) is 5.73 Å². The summed E-state index contributed by atoms with van der Waals surface area (Å²) in [6.07, 6.45) is 0. The molecule has 0 unspecified atom stereocenters. The lowest BCUT2D eigenvalue weighted by molar-refractivity contribution is -0.383. The highest BCUT2D eigenvalue weighted by Gasteiger charge is 2.15. The lowest BCUT2D eigenvalue weighted by Crippen LogP contribution is -2.28. The highest BCUT2D eigenvalue weighted by Crippen LogP contribution is 2.24. The Balaban J connectivity index is 1.86. The van der Waals surface area contributed by atoms with Gasteiger partial charge in [-0.1, -0.05) is 0 Å². The summed E-state index contributed by atoms with van der Waals surface area (Å²) in [5.74, 6) is 0. The molecule has 7 nitrogen and oxygen atoms in total. The van der Waals surface area contributed by atoms with Gasteiger partial charge in [-0.15, -0.1) is 0 Å². The molecule has 19 heavy (non-hydrogen) atoms. The van der Waals surface area contributed by atoms with Crippen LogP contribution < -0.4 is 11.1 Å². The molecule has 0 aliphatic carbocycles. The summed E-state index contributed by atoms with van der Waals surface area (Å²) < 4.78 is 0. The number of rotatable bonds is 5. The quantitative estimate of drug-likeness (QED) is 0.465. The predicted octanol–water partition coefficient (Wildman–Crippen LogP) is 0.794. The predicted molar refractivity (Wildman–Crippen MR) is 75.1 cm³/mol. The van der Waals surface area contributed by atoms with E-state index in [0.717, 1.165) is 38.5 Å². The molecule has 1 aliphatic rings. The van der Waals surface area contributed by atoms with Crippen LogP contribution in [0.2, 0.25) is 0 Å². The molecule has 104 valence electrons. The maximum atomic E-state index is 10.8. The van der Waals surface area contributed by atoms with Gasteiger partial charge in [0, 0.05) is 37.9 Å². The Bertz CT molecular complexity index is 465. The molecule has 0 spiro atoms. The summed E-state index contributed by atoms with van der Waals surface area (Å²) in [4.78, 5) is 14.9. The molecule has 3 N–H and O–H groups in total. The zero-order chi connectivity index (χ0) is 13.8. The molecule has 1 aromatic carbocycles. The second-order valence-corrected chi connectivity index (χ2v) is 4.80. The maximum Gasteiger partial charge on any atom is 0.294 e. The summed E-state index contributed by atoms with van der Waals surface area (Å²) in [7, 11) is 2.09. The van der Waals surface area contributed by atoms with Crippen LogP contribution in [-0.2, 0) is 0 Å². The summed E-state index contributed by atoms with van der Waals surface area (Å²) in [5.41, 5.74) is 6.42. The van der Waals surface area contributed by atoms with Crippen molar-refractivity contribution in [2.24, 2.45) is 0 Å². The van der Waals surface area contributed by atoms with Crippen LogP contribution in [0.3, 0.4) is 0 Å². The lowest BCUT2D eigenvalue weighted by Gasteiger charge is -2.16. The van der Waals surface area contributed by atoms with Gasteiger partial charge in [0.05, 0.1) is 11.6 Å². The van der Waals surface area contributed by atoms with Gasteiger partial charge >= 0.3 is 0 Å². The maximum absolute atomic E-state index is 10.8. The Kier molecular flexibility index (Phi) is 4.18. The second kappa shape index (κ2) is 5.85. The minimum Gasteiger partial charge on any atom is -0.393 e. The van der Waals surface area contributed by atoms with E-state index in [1.54, 1.807) is 12.1 Å². The number of nitro groups is 1. The van der Waals surface area contributed by atoms with Crippen molar-refractivity contribution < 1.29 is 4.92 Å². The first kappa shape index (κ1) is 13.6. The molecule has 0 aromatic heterocycles. The molecule has 0 amide bonds. The topological polar surface area (TPSA) is 87.7 Å². The molecule has 2 rings (SSSR count). The van der Waals surface area contributed by atoms with Gasteiger partial charge in [0.25, 0.3) is 5.69 Å². The minimum atomic E-state index is -0.462. The monoisotopic (exact) mass is 265 g/mol. The van der Waals surface area contributed by atoms with Gasteiger partial charge in [-0.2, -0.15) is 0 Å². The Hall–Kier alpha value is -1.86. The van der Waals surface area contributed by atoms with Crippen molar-refractivity contribution in [3.63, 3.8) is 0 Å². The van der Waals surface area contributed by atoms with Crippen LogP contribution in [0.15, 0.2) is 18.2 Å². The van der Waals surface area contributed by atoms with Crippen molar-refractivity contribution >= 4 is 17.1 Å². The third kappa shape index (κ3) is 3.55. The molecule has 7 heteroatoms. The minimum absolute atomic E-state index is 0.0501. The highest BCUT2D eigenvalue weighted by molar-refractivity contribution is 5.65. The van der Waals surface area contributed by atoms with E-state index in [-0.39, 0.29) is 11.4 Å². The molecule has 1 saturated heterocycles. The number of nitrogen functional groups attached to an aromatic ring is 1. The molecule has 1 aliphatic heterocycles. The van der Waals surface area contributed by atoms with Gasteiger partial charge in [-0.3, -0.25) is 19.9 Å². The number of anilines is 2. The van der Waals surface area contributed by atoms with E-state index >= 15 is 0 Å². The average Bonchev–Trinajstić information content (AvgIpc) is 2.77. The van der Waals surface area contributed by atoms with Crippen molar-refractivity contribution in [1.82, 2.24) is 9.80 Å². The van der Waals surface area contributed by atoms with Crippen molar-refractivity contribution in [2.45, 2.75) is 0 Å². The van der Waals surface area contributed by atoms with Crippen LogP contribution in [0.1, 0.15) is 0 Å². The fraction of sp³-hybridized carbons (Fsp3) is 0.500. The smallest absolute Gasteiger partial charge is 0.294 e. The largest absolute Gasteiger partial charge is 0.393 e. The molecule has 0 atom stereocenters. The number of benzene rings is 1. The number of nitro benzene ring substituents is 1. The van der Waals surface area contributed by atoms with Gasteiger partial charge in [0.1, 0.15) is 5.69 Å². The van der Waals surface area contributed by atoms with Crippen LogP contribution in [0.5, 0.6) is 0 Å². The third-order valence-corrected chi connectivity index (χ3v) is 3.22. The Morgan fingerprint density at radius 2 is 2.26 bits per heavy atom. The fourth-order valence-electron chi connectivity index (χ4n) is 2.15. The Morgan fingerprint density at radius 3 is 2.89 bits per heavy atom. The SMILES string of the molecule is CN1CCN(CCNc2ccc(N)c([N+](=O)[O-])c2)C1. The van der Waals surface area contributed by atoms with Crippen LogP contribution in [0.25, 0.3) is 0 Å². The molecule has 1 fully saturated rings. The van der Waals surface area contributed by atoms with Crippen LogP contribution in [0, 0.1) is 10.1 Å². The molecule has 0 bridgehead atoms. The van der Waals surface area contributed by atoms with Crippen LogP contribution in [-0.4, -0.2) is 54.6 Å². The summed E-state index contributed by atoms with van der Waals surface area (Å²) in [6.45, 7) is 4.81. The van der Waals surface area contributed by atoms with E-state index in [2.05, 4.69) is 22.2 Å². The third-order valence-electron chi connectivity index (χ3n) is 3.22. The molecular weight excluding hydrogens is 246 g/mol. The van der Waals surface area contributed by atoms with E-state index in [1.807, 2.05) is 0 Å². The van der Waals surface area contributed by atoms with Crippen molar-refractivity contribution in [3.8, 4) is 0 Å². The summed E-state index contributed by atoms with van der Waals surface area (Å²) in [5, 5.41) is 14.0. The van der Waals surface area contributed by atoms with Crippen LogP contribution in [0.4, 0.5) is 17.1 Å². The summed E-state index contributed by atoms with van der Waals surface area (Å²) in [6, 6.07) is 4.80. The van der Waals surface area contributed by atoms with E-state index < -0.39 is 4.92 Å². The van der Waals surface area contributed by atoms with Gasteiger partial charge in [0.2, 0.25) is 0 Å². The Morgan fingerprint density at radius 1 is 1.47 bits per heavy atom. The first-order valence-electron chi connectivity index (χ1n) is 6.25. The van der Waals surface area contributed by atoms with Gasteiger partial charge in [-0.25, -0.2) is 0 Å². The first-order valence-corrected chi connectivity index (χ1v) is 6.25. The van der Waals surface area contributed by atoms with Crippen molar-refractivity contribution in [1.29, 1.82) is 0 Å². The van der Waals surface area contributed by atoms with E-state index in [1.165, 1.54) is 6.07 Å². The number of nitrogens with one attached hydrogen (secondary N) is 1. The number of nitrogens with zero attached hydrogens (tertiary/aromatic N) is 3. The number of hydrogen-bond donors (Lipinski definition) is 2. The fourth-order valence-corrected chi connectivity index (χ4v) is 2.15.